The number of nitrogens with zero attached hydrogens (tertiary/aromatic N) is 5. The van der Waals surface area contributed by atoms with Gasteiger partial charge in [0.2, 0.25) is 11.8 Å². The fraction of sp³-hybridized carbons (Fsp3) is 0.407. The van der Waals surface area contributed by atoms with Crippen molar-refractivity contribution in [1.82, 2.24) is 25.2 Å². The molecule has 11 heteroatoms. The first-order chi connectivity index (χ1) is 18.3. The van der Waals surface area contributed by atoms with Gasteiger partial charge in [-0.15, -0.1) is 5.10 Å². The lowest BCUT2D eigenvalue weighted by Crippen LogP contribution is -2.49. The van der Waals surface area contributed by atoms with Gasteiger partial charge in [-0.1, -0.05) is 47.7 Å². The fourth-order valence-corrected chi connectivity index (χ4v) is 4.93. The number of hydrogen-bond donors (Lipinski definition) is 2. The summed E-state index contributed by atoms with van der Waals surface area (Å²) in [7, 11) is 1.66. The van der Waals surface area contributed by atoms with Crippen LogP contribution in [0.5, 0.6) is 0 Å². The highest BCUT2D eigenvalue weighted by atomic mass is 19.1. The van der Waals surface area contributed by atoms with Crippen molar-refractivity contribution in [3.8, 4) is 0 Å². The lowest BCUT2D eigenvalue weighted by atomic mass is 9.96. The van der Waals surface area contributed by atoms with Crippen molar-refractivity contribution in [2.24, 2.45) is 5.73 Å². The molecule has 3 atom stereocenters. The third-order valence-electron chi connectivity index (χ3n) is 7.14. The average Bonchev–Trinajstić information content (AvgIpc) is 3.49. The zero-order chi connectivity index (χ0) is 26.8. The third kappa shape index (κ3) is 5.52. The first kappa shape index (κ1) is 25.8. The maximum absolute atomic E-state index is 14.9. The largest absolute Gasteiger partial charge is 0.348 e. The summed E-state index contributed by atoms with van der Waals surface area (Å²) in [5.74, 6) is -0.508. The third-order valence-corrected chi connectivity index (χ3v) is 7.14. The number of amides is 2. The molecule has 5 rings (SSSR count). The molecule has 1 saturated carbocycles. The van der Waals surface area contributed by atoms with E-state index < -0.39 is 30.1 Å². The van der Waals surface area contributed by atoms with Gasteiger partial charge < -0.3 is 20.9 Å². The molecule has 9 nitrogen and oxygen atoms in total. The Labute approximate surface area is 219 Å². The number of nitrogens with one attached hydrogen (secondary N) is 1. The van der Waals surface area contributed by atoms with Crippen molar-refractivity contribution in [3.63, 3.8) is 0 Å². The molecule has 0 radical (unpaired) electrons. The number of anilines is 1. The van der Waals surface area contributed by atoms with Crippen LogP contribution in [0.3, 0.4) is 0 Å². The molecule has 1 aliphatic heterocycles. The summed E-state index contributed by atoms with van der Waals surface area (Å²) in [6.45, 7) is -0.154. The van der Waals surface area contributed by atoms with Crippen molar-refractivity contribution in [3.05, 3.63) is 77.2 Å². The summed E-state index contributed by atoms with van der Waals surface area (Å²) in [6.07, 6.45) is 2.11. The number of carbonyl (C=O) groups is 2. The summed E-state index contributed by atoms with van der Waals surface area (Å²) in [4.78, 5) is 29.5. The molecule has 2 fully saturated rings. The van der Waals surface area contributed by atoms with Crippen molar-refractivity contribution >= 4 is 17.6 Å². The predicted molar refractivity (Wildman–Crippen MR) is 137 cm³/mol. The van der Waals surface area contributed by atoms with E-state index in [0.29, 0.717) is 16.9 Å². The molecule has 0 spiro atoms. The Hall–Kier alpha value is -3.86. The number of nitrogens with two attached hydrogens (primary N) is 1. The summed E-state index contributed by atoms with van der Waals surface area (Å²) >= 11 is 0. The van der Waals surface area contributed by atoms with Crippen LogP contribution in [-0.4, -0.2) is 64.1 Å². The number of halogens is 2. The quantitative estimate of drug-likeness (QED) is 0.446. The van der Waals surface area contributed by atoms with E-state index in [1.54, 1.807) is 24.2 Å². The highest BCUT2D eigenvalue weighted by Crippen LogP contribution is 2.42. The normalized spacial score (nSPS) is 19.8. The highest BCUT2D eigenvalue weighted by molar-refractivity contribution is 5.90. The molecule has 1 aliphatic carbocycles. The second-order valence-electron chi connectivity index (χ2n) is 9.96. The molecule has 2 aromatic carbocycles. The van der Waals surface area contributed by atoms with E-state index in [-0.39, 0.29) is 37.9 Å². The van der Waals surface area contributed by atoms with Gasteiger partial charge in [0, 0.05) is 13.5 Å². The average molecular weight is 524 g/mol. The van der Waals surface area contributed by atoms with Gasteiger partial charge in [-0.2, -0.15) is 0 Å². The lowest BCUT2D eigenvalue weighted by Gasteiger charge is -2.28. The van der Waals surface area contributed by atoms with Crippen LogP contribution in [0.25, 0.3) is 0 Å². The van der Waals surface area contributed by atoms with Crippen LogP contribution in [0.1, 0.15) is 47.9 Å². The van der Waals surface area contributed by atoms with Gasteiger partial charge in [0.15, 0.2) is 5.82 Å². The number of hydrogen-bond acceptors (Lipinski definition) is 6. The topological polar surface area (TPSA) is 109 Å². The molecular formula is C27H31F2N7O2. The first-order valence-electron chi connectivity index (χ1n) is 12.7. The monoisotopic (exact) mass is 523 g/mol. The summed E-state index contributed by atoms with van der Waals surface area (Å²) in [5, 5.41) is 10.8. The Morgan fingerprint density at radius 3 is 2.61 bits per heavy atom. The zero-order valence-electron chi connectivity index (χ0n) is 21.1. The van der Waals surface area contributed by atoms with Gasteiger partial charge in [-0.25, -0.2) is 13.5 Å². The number of rotatable bonds is 9. The minimum Gasteiger partial charge on any atom is -0.348 e. The Morgan fingerprint density at radius 1 is 1.18 bits per heavy atom. The maximum Gasteiger partial charge on any atom is 0.243 e. The lowest BCUT2D eigenvalue weighted by molar-refractivity contribution is -0.137. The van der Waals surface area contributed by atoms with Gasteiger partial charge >= 0.3 is 0 Å². The van der Waals surface area contributed by atoms with Crippen molar-refractivity contribution < 1.29 is 18.4 Å². The summed E-state index contributed by atoms with van der Waals surface area (Å²) < 4.78 is 30.9. The Kier molecular flexibility index (Phi) is 7.37. The molecular weight excluding hydrogens is 492 g/mol. The van der Waals surface area contributed by atoms with Crippen LogP contribution >= 0.6 is 0 Å². The Balaban J connectivity index is 1.34. The van der Waals surface area contributed by atoms with E-state index in [0.717, 1.165) is 18.4 Å². The van der Waals surface area contributed by atoms with E-state index in [1.165, 1.54) is 15.6 Å². The van der Waals surface area contributed by atoms with E-state index in [9.17, 15) is 18.4 Å². The smallest absolute Gasteiger partial charge is 0.243 e. The van der Waals surface area contributed by atoms with E-state index in [4.69, 9.17) is 5.73 Å². The van der Waals surface area contributed by atoms with Crippen LogP contribution in [0.4, 0.5) is 14.6 Å². The van der Waals surface area contributed by atoms with Crippen LogP contribution in [0.2, 0.25) is 0 Å². The molecule has 2 heterocycles. The maximum atomic E-state index is 14.9. The minimum absolute atomic E-state index is 0.110. The number of likely N-dealkylation sites (tertiary alicyclic amines) is 1. The standard InChI is InChI=1S/C27H31F2N7O2/c1-34(24-14-35(16-30)33-32-24)15-25(37)36-13-20(28)12-23(36)27(38)31-26(18-5-3-2-4-6-18)19-9-10-21(17-7-8-17)22(29)11-19/h2-6,9-11,14,17,20,23,26H,7-8,12-13,15-16,30H2,1H3,(H,31,38)/t20-,23+,26+/m1/s1. The molecule has 3 aromatic rings. The molecule has 2 amide bonds. The van der Waals surface area contributed by atoms with Gasteiger partial charge in [0.05, 0.1) is 32.0 Å². The predicted octanol–water partition coefficient (Wildman–Crippen LogP) is 2.49. The van der Waals surface area contributed by atoms with Crippen molar-refractivity contribution in [2.75, 3.05) is 25.0 Å². The van der Waals surface area contributed by atoms with Crippen LogP contribution in [-0.2, 0) is 16.3 Å². The molecule has 38 heavy (non-hydrogen) atoms. The summed E-state index contributed by atoms with van der Waals surface area (Å²) in [5.41, 5.74) is 7.58. The molecule has 200 valence electrons. The van der Waals surface area contributed by atoms with Gasteiger partial charge in [-0.3, -0.25) is 9.59 Å². The number of benzene rings is 2. The molecule has 3 N–H and O–H groups in total. The van der Waals surface area contributed by atoms with Crippen LogP contribution in [0.15, 0.2) is 54.7 Å². The second-order valence-corrected chi connectivity index (χ2v) is 9.96. The summed E-state index contributed by atoms with van der Waals surface area (Å²) in [6, 6.07) is 12.6. The number of aromatic nitrogens is 3. The second kappa shape index (κ2) is 10.9. The Bertz CT molecular complexity index is 1300. The van der Waals surface area contributed by atoms with E-state index >= 15 is 0 Å². The molecule has 2 aliphatic rings. The van der Waals surface area contributed by atoms with Crippen LogP contribution in [0, 0.1) is 5.82 Å². The van der Waals surface area contributed by atoms with E-state index in [1.807, 2.05) is 36.4 Å². The van der Waals surface area contributed by atoms with Crippen molar-refractivity contribution in [2.45, 2.75) is 50.1 Å². The van der Waals surface area contributed by atoms with Gasteiger partial charge in [-0.05, 0) is 41.5 Å². The Morgan fingerprint density at radius 2 is 1.95 bits per heavy atom. The number of carbonyl (C=O) groups excluding carboxylic acids is 2. The van der Waals surface area contributed by atoms with Crippen LogP contribution < -0.4 is 16.0 Å². The van der Waals surface area contributed by atoms with Gasteiger partial charge in [0.25, 0.3) is 0 Å². The fourth-order valence-electron chi connectivity index (χ4n) is 4.93. The van der Waals surface area contributed by atoms with Crippen molar-refractivity contribution in [1.29, 1.82) is 0 Å². The zero-order valence-corrected chi connectivity index (χ0v) is 21.1. The minimum atomic E-state index is -1.33. The molecule has 1 aromatic heterocycles. The molecule has 1 saturated heterocycles. The van der Waals surface area contributed by atoms with Gasteiger partial charge in [0.1, 0.15) is 18.0 Å². The molecule has 0 unspecified atom stereocenters. The highest BCUT2D eigenvalue weighted by Gasteiger charge is 2.41. The molecule has 0 bridgehead atoms. The first-order valence-corrected chi connectivity index (χ1v) is 12.7. The SMILES string of the molecule is CN(CC(=O)N1C[C@H](F)C[C@H]1C(=O)N[C@@H](c1ccccc1)c1ccc(C2CC2)c(F)c1)c1cn(CN)nn1. The van der Waals surface area contributed by atoms with E-state index in [2.05, 4.69) is 15.6 Å². The number of alkyl halides is 1. The number of likely N-dealkylation sites (N-methyl/N-ethyl adjacent to an activating group) is 1.